The molecule has 0 heterocycles. The Morgan fingerprint density at radius 3 is 2.52 bits per heavy atom. The highest BCUT2D eigenvalue weighted by Gasteiger charge is 2.51. The summed E-state index contributed by atoms with van der Waals surface area (Å²) in [6, 6.07) is -0.787. The van der Waals surface area contributed by atoms with Crippen LogP contribution in [0.1, 0.15) is 32.6 Å². The summed E-state index contributed by atoms with van der Waals surface area (Å²) < 4.78 is 0. The van der Waals surface area contributed by atoms with E-state index in [1.165, 1.54) is 0 Å². The van der Waals surface area contributed by atoms with Crippen molar-refractivity contribution in [3.8, 4) is 0 Å². The van der Waals surface area contributed by atoms with E-state index in [2.05, 4.69) is 16.0 Å². The third-order valence-corrected chi connectivity index (χ3v) is 4.48. The number of hydrogen-bond acceptors (Lipinski definition) is 3. The van der Waals surface area contributed by atoms with Crippen molar-refractivity contribution < 1.29 is 19.5 Å². The highest BCUT2D eigenvalue weighted by atomic mass is 16.4. The summed E-state index contributed by atoms with van der Waals surface area (Å²) in [5.41, 5.74) is 0. The van der Waals surface area contributed by atoms with Gasteiger partial charge in [-0.2, -0.15) is 0 Å². The molecule has 4 N–H and O–H groups in total. The van der Waals surface area contributed by atoms with E-state index in [0.29, 0.717) is 6.54 Å². The fourth-order valence-corrected chi connectivity index (χ4v) is 3.54. The Balaban J connectivity index is 1.79. The molecule has 21 heavy (non-hydrogen) atoms. The molecule has 0 aliphatic heterocycles. The Morgan fingerprint density at radius 1 is 1.14 bits per heavy atom. The number of urea groups is 1. The molecule has 0 saturated heterocycles. The molecule has 7 nitrogen and oxygen atoms in total. The smallest absolute Gasteiger partial charge is 0.315 e. The Kier molecular flexibility index (Phi) is 5.03. The SMILES string of the molecule is CCCNC(=O)CNC(=O)NC1C2CCC(C2)C1C(=O)O. The van der Waals surface area contributed by atoms with Crippen molar-refractivity contribution in [1.82, 2.24) is 16.0 Å². The predicted molar refractivity (Wildman–Crippen MR) is 75.6 cm³/mol. The van der Waals surface area contributed by atoms with Gasteiger partial charge in [0.2, 0.25) is 5.91 Å². The summed E-state index contributed by atoms with van der Waals surface area (Å²) in [5, 5.41) is 17.2. The van der Waals surface area contributed by atoms with Crippen molar-refractivity contribution in [2.75, 3.05) is 13.1 Å². The quantitative estimate of drug-likeness (QED) is 0.566. The number of amides is 3. The molecular formula is C14H23N3O4. The van der Waals surface area contributed by atoms with Crippen LogP contribution in [0.4, 0.5) is 4.79 Å². The molecule has 2 aliphatic carbocycles. The van der Waals surface area contributed by atoms with Crippen LogP contribution in [0.5, 0.6) is 0 Å². The highest BCUT2D eigenvalue weighted by Crippen LogP contribution is 2.48. The molecule has 2 aliphatic rings. The monoisotopic (exact) mass is 297 g/mol. The zero-order valence-corrected chi connectivity index (χ0v) is 12.2. The summed E-state index contributed by atoms with van der Waals surface area (Å²) in [6.45, 7) is 2.43. The van der Waals surface area contributed by atoms with E-state index in [0.717, 1.165) is 25.7 Å². The van der Waals surface area contributed by atoms with Gasteiger partial charge < -0.3 is 21.1 Å². The highest BCUT2D eigenvalue weighted by molar-refractivity contribution is 5.84. The van der Waals surface area contributed by atoms with E-state index in [1.807, 2.05) is 6.92 Å². The van der Waals surface area contributed by atoms with E-state index in [-0.39, 0.29) is 30.3 Å². The fourth-order valence-electron chi connectivity index (χ4n) is 3.54. The van der Waals surface area contributed by atoms with Gasteiger partial charge in [0.25, 0.3) is 0 Å². The molecule has 2 saturated carbocycles. The maximum Gasteiger partial charge on any atom is 0.315 e. The number of nitrogens with one attached hydrogen (secondary N) is 3. The summed E-state index contributed by atoms with van der Waals surface area (Å²) in [4.78, 5) is 34.6. The molecule has 7 heteroatoms. The lowest BCUT2D eigenvalue weighted by Crippen LogP contribution is -2.51. The van der Waals surface area contributed by atoms with Crippen molar-refractivity contribution in [3.63, 3.8) is 0 Å². The minimum atomic E-state index is -0.840. The topological polar surface area (TPSA) is 108 Å². The second kappa shape index (κ2) is 6.78. The number of carbonyl (C=O) groups is 3. The largest absolute Gasteiger partial charge is 0.481 e. The molecular weight excluding hydrogens is 274 g/mol. The number of aliphatic carboxylic acids is 1. The number of fused-ring (bicyclic) bond motifs is 2. The maximum absolute atomic E-state index is 11.8. The molecule has 4 unspecified atom stereocenters. The number of carboxylic acids is 1. The van der Waals surface area contributed by atoms with Crippen LogP contribution in [0.2, 0.25) is 0 Å². The lowest BCUT2D eigenvalue weighted by Gasteiger charge is -2.28. The van der Waals surface area contributed by atoms with E-state index >= 15 is 0 Å². The normalized spacial score (nSPS) is 30.0. The van der Waals surface area contributed by atoms with Crippen LogP contribution in [0.3, 0.4) is 0 Å². The summed E-state index contributed by atoms with van der Waals surface area (Å²) in [5.74, 6) is -1.16. The van der Waals surface area contributed by atoms with Gasteiger partial charge in [-0.25, -0.2) is 4.79 Å². The van der Waals surface area contributed by atoms with Crippen molar-refractivity contribution >= 4 is 17.9 Å². The van der Waals surface area contributed by atoms with Crippen LogP contribution >= 0.6 is 0 Å². The van der Waals surface area contributed by atoms with Gasteiger partial charge in [0.05, 0.1) is 12.5 Å². The van der Waals surface area contributed by atoms with Crippen molar-refractivity contribution in [2.24, 2.45) is 17.8 Å². The lowest BCUT2D eigenvalue weighted by molar-refractivity contribution is -0.144. The first kappa shape index (κ1) is 15.6. The molecule has 0 aromatic heterocycles. The molecule has 3 amide bonds. The number of carboxylic acid groups (broad SMARTS) is 1. The minimum absolute atomic E-state index is 0.0929. The van der Waals surface area contributed by atoms with Gasteiger partial charge in [-0.15, -0.1) is 0 Å². The van der Waals surface area contributed by atoms with Gasteiger partial charge in [0.1, 0.15) is 0 Å². The third-order valence-electron chi connectivity index (χ3n) is 4.48. The van der Waals surface area contributed by atoms with Crippen molar-refractivity contribution in [3.05, 3.63) is 0 Å². The number of carbonyl (C=O) groups excluding carboxylic acids is 2. The molecule has 118 valence electrons. The van der Waals surface area contributed by atoms with Crippen molar-refractivity contribution in [1.29, 1.82) is 0 Å². The van der Waals surface area contributed by atoms with Crippen LogP contribution in [0, 0.1) is 17.8 Å². The zero-order chi connectivity index (χ0) is 15.4. The minimum Gasteiger partial charge on any atom is -0.481 e. The first-order chi connectivity index (χ1) is 10.0. The van der Waals surface area contributed by atoms with Crippen LogP contribution in [0.25, 0.3) is 0 Å². The van der Waals surface area contributed by atoms with Gasteiger partial charge in [-0.05, 0) is 37.5 Å². The first-order valence-corrected chi connectivity index (χ1v) is 7.56. The second-order valence-corrected chi connectivity index (χ2v) is 5.90. The molecule has 4 atom stereocenters. The molecule has 0 aromatic carbocycles. The molecule has 2 bridgehead atoms. The van der Waals surface area contributed by atoms with Crippen LogP contribution < -0.4 is 16.0 Å². The standard InChI is InChI=1S/C14H23N3O4/c1-2-5-15-10(18)7-16-14(21)17-12-9-4-3-8(6-9)11(12)13(19)20/h8-9,11-12H,2-7H2,1H3,(H,15,18)(H,19,20)(H2,16,17,21). The summed E-state index contributed by atoms with van der Waals surface area (Å²) in [7, 11) is 0. The summed E-state index contributed by atoms with van der Waals surface area (Å²) in [6.07, 6.45) is 3.61. The Bertz CT molecular complexity index is 426. The third kappa shape index (κ3) is 3.65. The van der Waals surface area contributed by atoms with Crippen LogP contribution in [-0.4, -0.2) is 42.1 Å². The fraction of sp³-hybridized carbons (Fsp3) is 0.786. The van der Waals surface area contributed by atoms with Crippen molar-refractivity contribution in [2.45, 2.75) is 38.6 Å². The molecule has 0 aromatic rings. The van der Waals surface area contributed by atoms with Crippen LogP contribution in [-0.2, 0) is 9.59 Å². The Labute approximate surface area is 123 Å². The van der Waals surface area contributed by atoms with E-state index in [9.17, 15) is 19.5 Å². The predicted octanol–water partition coefficient (Wildman–Crippen LogP) is 0.311. The molecule has 0 spiro atoms. The molecule has 2 rings (SSSR count). The number of hydrogen-bond donors (Lipinski definition) is 4. The zero-order valence-electron chi connectivity index (χ0n) is 12.2. The first-order valence-electron chi connectivity index (χ1n) is 7.56. The van der Waals surface area contributed by atoms with E-state index < -0.39 is 17.9 Å². The Morgan fingerprint density at radius 2 is 1.86 bits per heavy atom. The lowest BCUT2D eigenvalue weighted by atomic mass is 9.84. The average molecular weight is 297 g/mol. The van der Waals surface area contributed by atoms with Gasteiger partial charge in [0.15, 0.2) is 0 Å². The second-order valence-electron chi connectivity index (χ2n) is 5.90. The summed E-state index contributed by atoms with van der Waals surface area (Å²) >= 11 is 0. The molecule has 2 fully saturated rings. The van der Waals surface area contributed by atoms with E-state index in [1.54, 1.807) is 0 Å². The molecule has 0 radical (unpaired) electrons. The number of rotatable bonds is 6. The van der Waals surface area contributed by atoms with Crippen LogP contribution in [0.15, 0.2) is 0 Å². The Hall–Kier alpha value is -1.79. The van der Waals surface area contributed by atoms with Gasteiger partial charge in [0, 0.05) is 12.6 Å². The average Bonchev–Trinajstić information content (AvgIpc) is 3.03. The van der Waals surface area contributed by atoms with Gasteiger partial charge >= 0.3 is 12.0 Å². The maximum atomic E-state index is 11.8. The van der Waals surface area contributed by atoms with Gasteiger partial charge in [-0.1, -0.05) is 6.92 Å². The van der Waals surface area contributed by atoms with Gasteiger partial charge in [-0.3, -0.25) is 9.59 Å². The van der Waals surface area contributed by atoms with E-state index in [4.69, 9.17) is 0 Å².